The van der Waals surface area contributed by atoms with Crippen LogP contribution in [0.1, 0.15) is 22.7 Å². The van der Waals surface area contributed by atoms with Crippen molar-refractivity contribution >= 4 is 0 Å². The largest absolute Gasteiger partial charge is 0.497 e. The number of hydrogen-bond donors (Lipinski definition) is 1. The monoisotopic (exact) mass is 273 g/mol. The predicted molar refractivity (Wildman–Crippen MR) is 79.6 cm³/mol. The molecule has 0 aromatic heterocycles. The molecule has 0 aliphatic carbocycles. The topological polar surface area (TPSA) is 21.3 Å². The molecule has 0 aliphatic rings. The maximum absolute atomic E-state index is 13.4. The summed E-state index contributed by atoms with van der Waals surface area (Å²) in [4.78, 5) is 0. The lowest BCUT2D eigenvalue weighted by molar-refractivity contribution is 0.414. The van der Waals surface area contributed by atoms with Gasteiger partial charge in [-0.3, -0.25) is 0 Å². The molecule has 0 fully saturated rings. The third-order valence-electron chi connectivity index (χ3n) is 3.56. The number of methoxy groups -OCH3 is 1. The number of rotatable bonds is 5. The molecule has 3 heteroatoms. The van der Waals surface area contributed by atoms with Crippen molar-refractivity contribution in [1.29, 1.82) is 0 Å². The highest BCUT2D eigenvalue weighted by molar-refractivity contribution is 5.33. The van der Waals surface area contributed by atoms with Gasteiger partial charge in [0, 0.05) is 6.04 Å². The fraction of sp³-hybridized carbons (Fsp3) is 0.294. The van der Waals surface area contributed by atoms with Crippen LogP contribution in [-0.2, 0) is 6.42 Å². The predicted octanol–water partition coefficient (Wildman–Crippen LogP) is 3.65. The Kier molecular flexibility index (Phi) is 4.74. The van der Waals surface area contributed by atoms with Gasteiger partial charge in [0.05, 0.1) is 7.11 Å². The minimum Gasteiger partial charge on any atom is -0.497 e. The zero-order valence-electron chi connectivity index (χ0n) is 12.1. The number of ether oxygens (including phenoxy) is 1. The van der Waals surface area contributed by atoms with Crippen LogP contribution in [0.15, 0.2) is 42.5 Å². The van der Waals surface area contributed by atoms with Crippen LogP contribution in [-0.4, -0.2) is 14.2 Å². The average molecular weight is 273 g/mol. The lowest BCUT2D eigenvalue weighted by Crippen LogP contribution is -2.20. The number of aryl methyl sites for hydroxylation is 1. The SMILES string of the molecule is CNC(Cc1ccc(OC)cc1)c1cc(F)ccc1C. The highest BCUT2D eigenvalue weighted by atomic mass is 19.1. The van der Waals surface area contributed by atoms with Gasteiger partial charge in [-0.15, -0.1) is 0 Å². The second-order valence-corrected chi connectivity index (χ2v) is 4.89. The zero-order valence-corrected chi connectivity index (χ0v) is 12.1. The van der Waals surface area contributed by atoms with Crippen LogP contribution in [0.5, 0.6) is 5.75 Å². The van der Waals surface area contributed by atoms with E-state index >= 15 is 0 Å². The summed E-state index contributed by atoms with van der Waals surface area (Å²) in [7, 11) is 3.56. The molecule has 2 rings (SSSR count). The number of benzene rings is 2. The molecule has 0 radical (unpaired) electrons. The van der Waals surface area contributed by atoms with Crippen molar-refractivity contribution in [1.82, 2.24) is 5.32 Å². The van der Waals surface area contributed by atoms with E-state index in [-0.39, 0.29) is 11.9 Å². The summed E-state index contributed by atoms with van der Waals surface area (Å²) < 4.78 is 18.6. The van der Waals surface area contributed by atoms with Crippen molar-refractivity contribution in [3.63, 3.8) is 0 Å². The van der Waals surface area contributed by atoms with Crippen molar-refractivity contribution < 1.29 is 9.13 Å². The van der Waals surface area contributed by atoms with Gasteiger partial charge in [0.25, 0.3) is 0 Å². The zero-order chi connectivity index (χ0) is 14.5. The molecular formula is C17H20FNO. The van der Waals surface area contributed by atoms with E-state index in [9.17, 15) is 4.39 Å². The summed E-state index contributed by atoms with van der Waals surface area (Å²) in [6.07, 6.45) is 0.810. The minimum atomic E-state index is -0.194. The third kappa shape index (κ3) is 3.36. The Labute approximate surface area is 119 Å². The van der Waals surface area contributed by atoms with E-state index in [1.54, 1.807) is 13.2 Å². The van der Waals surface area contributed by atoms with E-state index in [0.717, 1.165) is 23.3 Å². The van der Waals surface area contributed by atoms with Gasteiger partial charge in [-0.2, -0.15) is 0 Å². The van der Waals surface area contributed by atoms with E-state index in [2.05, 4.69) is 5.32 Å². The van der Waals surface area contributed by atoms with Crippen molar-refractivity contribution in [3.05, 3.63) is 65.0 Å². The first-order valence-electron chi connectivity index (χ1n) is 6.70. The van der Waals surface area contributed by atoms with E-state index in [1.165, 1.54) is 11.6 Å². The van der Waals surface area contributed by atoms with Crippen LogP contribution in [0.3, 0.4) is 0 Å². The van der Waals surface area contributed by atoms with Crippen molar-refractivity contribution in [3.8, 4) is 5.75 Å². The molecule has 0 spiro atoms. The van der Waals surface area contributed by atoms with E-state index in [0.29, 0.717) is 0 Å². The minimum absolute atomic E-state index is 0.0964. The number of nitrogens with one attached hydrogen (secondary N) is 1. The molecule has 0 saturated heterocycles. The summed E-state index contributed by atoms with van der Waals surface area (Å²) in [5.74, 6) is 0.650. The van der Waals surface area contributed by atoms with Crippen molar-refractivity contribution in [2.75, 3.05) is 14.2 Å². The fourth-order valence-electron chi connectivity index (χ4n) is 2.35. The van der Waals surface area contributed by atoms with Gasteiger partial charge in [0.15, 0.2) is 0 Å². The van der Waals surface area contributed by atoms with Crippen LogP contribution in [0.4, 0.5) is 4.39 Å². The lowest BCUT2D eigenvalue weighted by Gasteiger charge is -2.19. The summed E-state index contributed by atoms with van der Waals surface area (Å²) in [5.41, 5.74) is 3.29. The smallest absolute Gasteiger partial charge is 0.123 e. The molecule has 0 amide bonds. The summed E-state index contributed by atoms with van der Waals surface area (Å²) in [6.45, 7) is 2.01. The standard InChI is InChI=1S/C17H20FNO/c1-12-4-7-14(18)11-16(12)17(19-2)10-13-5-8-15(20-3)9-6-13/h4-9,11,17,19H,10H2,1-3H3. The number of likely N-dealkylation sites (N-methyl/N-ethyl adjacent to an activating group) is 1. The van der Waals surface area contributed by atoms with Gasteiger partial charge < -0.3 is 10.1 Å². The van der Waals surface area contributed by atoms with E-state index in [1.807, 2.05) is 44.3 Å². The average Bonchev–Trinajstić information content (AvgIpc) is 2.48. The highest BCUT2D eigenvalue weighted by Gasteiger charge is 2.13. The number of hydrogen-bond acceptors (Lipinski definition) is 2. The molecule has 1 N–H and O–H groups in total. The van der Waals surface area contributed by atoms with Gasteiger partial charge in [-0.1, -0.05) is 18.2 Å². The fourth-order valence-corrected chi connectivity index (χ4v) is 2.35. The molecule has 2 nitrogen and oxygen atoms in total. The van der Waals surface area contributed by atoms with Gasteiger partial charge in [-0.05, 0) is 61.3 Å². The Morgan fingerprint density at radius 2 is 1.85 bits per heavy atom. The van der Waals surface area contributed by atoms with Gasteiger partial charge in [0.1, 0.15) is 11.6 Å². The Balaban J connectivity index is 2.21. The molecule has 106 valence electrons. The third-order valence-corrected chi connectivity index (χ3v) is 3.56. The van der Waals surface area contributed by atoms with Gasteiger partial charge in [0.2, 0.25) is 0 Å². The molecule has 0 saturated carbocycles. The molecule has 20 heavy (non-hydrogen) atoms. The van der Waals surface area contributed by atoms with Crippen LogP contribution >= 0.6 is 0 Å². The van der Waals surface area contributed by atoms with Gasteiger partial charge in [-0.25, -0.2) is 4.39 Å². The summed E-state index contributed by atoms with van der Waals surface area (Å²) in [6, 6.07) is 13.0. The normalized spacial score (nSPS) is 12.2. The first-order chi connectivity index (χ1) is 9.63. The van der Waals surface area contributed by atoms with Crippen LogP contribution in [0.2, 0.25) is 0 Å². The van der Waals surface area contributed by atoms with E-state index in [4.69, 9.17) is 4.74 Å². The molecule has 1 atom stereocenters. The molecule has 0 aliphatic heterocycles. The summed E-state index contributed by atoms with van der Waals surface area (Å²) in [5, 5.41) is 3.27. The summed E-state index contributed by atoms with van der Waals surface area (Å²) >= 11 is 0. The quantitative estimate of drug-likeness (QED) is 0.898. The van der Waals surface area contributed by atoms with Crippen molar-refractivity contribution in [2.45, 2.75) is 19.4 Å². The van der Waals surface area contributed by atoms with E-state index < -0.39 is 0 Å². The maximum Gasteiger partial charge on any atom is 0.123 e. The molecule has 0 bridgehead atoms. The second kappa shape index (κ2) is 6.53. The molecule has 2 aromatic carbocycles. The Hall–Kier alpha value is -1.87. The van der Waals surface area contributed by atoms with Crippen LogP contribution in [0, 0.1) is 12.7 Å². The van der Waals surface area contributed by atoms with Crippen LogP contribution in [0.25, 0.3) is 0 Å². The molecular weight excluding hydrogens is 253 g/mol. The Morgan fingerprint density at radius 1 is 1.15 bits per heavy atom. The molecule has 1 unspecified atom stereocenters. The number of halogens is 1. The van der Waals surface area contributed by atoms with Crippen LogP contribution < -0.4 is 10.1 Å². The molecule has 2 aromatic rings. The lowest BCUT2D eigenvalue weighted by atomic mass is 9.95. The second-order valence-electron chi connectivity index (χ2n) is 4.89. The van der Waals surface area contributed by atoms with Gasteiger partial charge >= 0.3 is 0 Å². The Morgan fingerprint density at radius 3 is 2.45 bits per heavy atom. The highest BCUT2D eigenvalue weighted by Crippen LogP contribution is 2.23. The first-order valence-corrected chi connectivity index (χ1v) is 6.70. The first kappa shape index (κ1) is 14.5. The van der Waals surface area contributed by atoms with Crippen molar-refractivity contribution in [2.24, 2.45) is 0 Å². The Bertz CT molecular complexity index is 566. The maximum atomic E-state index is 13.4. The molecule has 0 heterocycles.